The number of amides is 4. The molecule has 10 nitrogen and oxygen atoms in total. The normalized spacial score (nSPS) is 13.2. The Morgan fingerprint density at radius 1 is 0.897 bits per heavy atom. The van der Waals surface area contributed by atoms with Crippen molar-refractivity contribution in [3.63, 3.8) is 0 Å². The number of hydrogen-bond acceptors (Lipinski definition) is 7. The fraction of sp³-hybridized carbons (Fsp3) is 0.621. The number of ketones is 1. The maximum absolute atomic E-state index is 13.5. The van der Waals surface area contributed by atoms with Crippen molar-refractivity contribution in [1.82, 2.24) is 15.3 Å². The highest BCUT2D eigenvalue weighted by molar-refractivity contribution is 6.40. The number of nitrogens with one attached hydrogen (secondary N) is 1. The number of likely N-dealkylation sites (N-methyl/N-ethyl adjacent to an activating group) is 1. The van der Waals surface area contributed by atoms with Gasteiger partial charge in [0.1, 0.15) is 12.6 Å². The Morgan fingerprint density at radius 3 is 2.10 bits per heavy atom. The van der Waals surface area contributed by atoms with Gasteiger partial charge in [-0.25, -0.2) is 5.06 Å². The second-order valence-corrected chi connectivity index (χ2v) is 9.73. The van der Waals surface area contributed by atoms with Gasteiger partial charge in [0.2, 0.25) is 17.6 Å². The Morgan fingerprint density at radius 2 is 1.54 bits per heavy atom. The summed E-state index contributed by atoms with van der Waals surface area (Å²) in [6.45, 7) is 5.09. The number of benzene rings is 1. The van der Waals surface area contributed by atoms with Gasteiger partial charge in [0.25, 0.3) is 11.8 Å². The van der Waals surface area contributed by atoms with Crippen molar-refractivity contribution in [2.45, 2.75) is 90.6 Å². The fourth-order valence-corrected chi connectivity index (χ4v) is 4.26. The van der Waals surface area contributed by atoms with Crippen molar-refractivity contribution in [3.05, 3.63) is 35.9 Å². The predicted octanol–water partition coefficient (Wildman–Crippen LogP) is 3.30. The Hall–Kier alpha value is -3.11. The number of rotatable bonds is 18. The van der Waals surface area contributed by atoms with Crippen LogP contribution in [0.5, 0.6) is 0 Å². The van der Waals surface area contributed by atoms with Gasteiger partial charge in [-0.3, -0.25) is 33.7 Å². The number of carbonyl (C=O) groups is 5. The van der Waals surface area contributed by atoms with Crippen molar-refractivity contribution in [1.29, 1.82) is 0 Å². The number of hydroxylamine groups is 2. The molecule has 39 heavy (non-hydrogen) atoms. The molecule has 0 saturated heterocycles. The number of imide groups is 1. The molecule has 3 N–H and O–H groups in total. The van der Waals surface area contributed by atoms with Crippen LogP contribution in [-0.4, -0.2) is 66.1 Å². The number of Topliss-reactive ketones (excluding diaryl/α,β-unsaturated/α-hetero) is 1. The minimum atomic E-state index is -1.13. The maximum atomic E-state index is 13.5. The molecule has 0 aliphatic heterocycles. The van der Waals surface area contributed by atoms with Crippen LogP contribution in [0.15, 0.2) is 30.3 Å². The molecule has 0 heterocycles. The van der Waals surface area contributed by atoms with Gasteiger partial charge in [-0.05, 0) is 24.8 Å². The predicted molar refractivity (Wildman–Crippen MR) is 149 cm³/mol. The van der Waals surface area contributed by atoms with Crippen LogP contribution >= 0.6 is 0 Å². The minimum absolute atomic E-state index is 0.279. The first kappa shape index (κ1) is 33.9. The fourth-order valence-electron chi connectivity index (χ4n) is 4.26. The van der Waals surface area contributed by atoms with E-state index in [9.17, 15) is 24.0 Å². The highest BCUT2D eigenvalue weighted by atomic mass is 16.7. The number of hydrogen-bond donors (Lipinski definition) is 2. The summed E-state index contributed by atoms with van der Waals surface area (Å²) < 4.78 is 0. The maximum Gasteiger partial charge on any atom is 0.298 e. The molecule has 0 saturated carbocycles. The first-order valence-corrected chi connectivity index (χ1v) is 13.9. The van der Waals surface area contributed by atoms with Crippen LogP contribution in [0.1, 0.15) is 90.2 Å². The minimum Gasteiger partial charge on any atom is -0.339 e. The largest absolute Gasteiger partial charge is 0.339 e. The second kappa shape index (κ2) is 18.2. The summed E-state index contributed by atoms with van der Waals surface area (Å²) in [6.07, 6.45) is 6.89. The van der Waals surface area contributed by atoms with E-state index in [1.54, 1.807) is 30.3 Å². The van der Waals surface area contributed by atoms with Gasteiger partial charge >= 0.3 is 0 Å². The summed E-state index contributed by atoms with van der Waals surface area (Å²) in [4.78, 5) is 71.4. The number of carbonyl (C=O) groups excluding carboxylic acids is 5. The third-order valence-corrected chi connectivity index (χ3v) is 6.73. The third kappa shape index (κ3) is 10.9. The Bertz CT molecular complexity index is 939. The molecule has 0 fully saturated rings. The van der Waals surface area contributed by atoms with E-state index < -0.39 is 54.0 Å². The molecular weight excluding hydrogens is 500 g/mol. The Labute approximate surface area is 232 Å². The lowest BCUT2D eigenvalue weighted by Crippen LogP contribution is -2.53. The molecule has 218 valence electrons. The van der Waals surface area contributed by atoms with Crippen LogP contribution in [0.4, 0.5) is 0 Å². The molecule has 10 heteroatoms. The average molecular weight is 547 g/mol. The smallest absolute Gasteiger partial charge is 0.298 e. The van der Waals surface area contributed by atoms with E-state index in [1.165, 1.54) is 14.2 Å². The highest BCUT2D eigenvalue weighted by Gasteiger charge is 2.36. The Balaban J connectivity index is 3.20. The first-order valence-electron chi connectivity index (χ1n) is 13.9. The summed E-state index contributed by atoms with van der Waals surface area (Å²) >= 11 is 0. The lowest BCUT2D eigenvalue weighted by molar-refractivity contribution is -0.172. The summed E-state index contributed by atoms with van der Waals surface area (Å²) in [5, 5.41) is 3.58. The van der Waals surface area contributed by atoms with E-state index in [0.717, 1.165) is 37.2 Å². The molecule has 0 aliphatic carbocycles. The number of unbranched alkanes of at least 4 members (excludes halogenated alkanes) is 4. The molecule has 0 bridgehead atoms. The van der Waals surface area contributed by atoms with Crippen LogP contribution in [0.3, 0.4) is 0 Å². The van der Waals surface area contributed by atoms with Gasteiger partial charge in [-0.2, -0.15) is 0 Å². The van der Waals surface area contributed by atoms with Gasteiger partial charge in [0.05, 0.1) is 13.2 Å². The zero-order valence-corrected chi connectivity index (χ0v) is 24.1. The molecular formula is C29H46N4O6. The van der Waals surface area contributed by atoms with Crippen molar-refractivity contribution in [2.24, 2.45) is 11.7 Å². The molecule has 0 spiro atoms. The van der Waals surface area contributed by atoms with Crippen LogP contribution < -0.4 is 11.1 Å². The van der Waals surface area contributed by atoms with E-state index in [4.69, 9.17) is 10.6 Å². The molecule has 1 aromatic carbocycles. The summed E-state index contributed by atoms with van der Waals surface area (Å²) in [6, 6.07) is 6.34. The van der Waals surface area contributed by atoms with Gasteiger partial charge < -0.3 is 11.1 Å². The molecule has 0 aromatic heterocycles. The van der Waals surface area contributed by atoms with E-state index in [1.807, 2.05) is 13.8 Å². The molecule has 0 radical (unpaired) electrons. The third-order valence-electron chi connectivity index (χ3n) is 6.73. The van der Waals surface area contributed by atoms with Crippen LogP contribution in [0, 0.1) is 5.92 Å². The van der Waals surface area contributed by atoms with E-state index in [0.29, 0.717) is 29.7 Å². The van der Waals surface area contributed by atoms with Gasteiger partial charge in [0.15, 0.2) is 0 Å². The summed E-state index contributed by atoms with van der Waals surface area (Å²) in [7, 11) is 2.73. The van der Waals surface area contributed by atoms with Gasteiger partial charge in [-0.15, -0.1) is 0 Å². The molecule has 3 unspecified atom stereocenters. The number of nitrogens with two attached hydrogens (primary N) is 1. The molecule has 1 aromatic rings. The zero-order chi connectivity index (χ0) is 29.4. The standard InChI is InChI=1S/C29H46N4O6/c1-6-9-10-11-13-17-21(8-3)27(36)33(29(38)26(35)23(30)16-7-2)20-24(34)31-25(28(37)32(4)39-5)22-18-14-12-15-19-22/h12,14-15,18-19,21,23,25H,6-11,13,16-17,20,30H2,1-5H3,(H,31,34). The molecule has 4 amide bonds. The first-order chi connectivity index (χ1) is 18.6. The molecule has 1 rings (SSSR count). The summed E-state index contributed by atoms with van der Waals surface area (Å²) in [5.74, 6) is -4.44. The average Bonchev–Trinajstić information content (AvgIpc) is 2.95. The van der Waals surface area contributed by atoms with Crippen LogP contribution in [0.2, 0.25) is 0 Å². The lowest BCUT2D eigenvalue weighted by atomic mass is 9.96. The van der Waals surface area contributed by atoms with Gasteiger partial charge in [0, 0.05) is 13.0 Å². The van der Waals surface area contributed by atoms with Crippen LogP contribution in [0.25, 0.3) is 0 Å². The van der Waals surface area contributed by atoms with E-state index in [-0.39, 0.29) is 6.42 Å². The molecule has 0 aliphatic rings. The van der Waals surface area contributed by atoms with Crippen molar-refractivity contribution >= 4 is 29.4 Å². The quantitative estimate of drug-likeness (QED) is 0.164. The zero-order valence-electron chi connectivity index (χ0n) is 24.1. The second-order valence-electron chi connectivity index (χ2n) is 9.73. The van der Waals surface area contributed by atoms with Gasteiger partial charge in [-0.1, -0.05) is 89.6 Å². The monoisotopic (exact) mass is 546 g/mol. The van der Waals surface area contributed by atoms with Crippen molar-refractivity contribution in [2.75, 3.05) is 20.7 Å². The SMILES string of the molecule is CCCCCCCC(CC)C(=O)N(CC(=O)NC(C(=O)N(C)OC)c1ccccc1)C(=O)C(=O)C(N)CCC. The summed E-state index contributed by atoms with van der Waals surface area (Å²) in [5.41, 5.74) is 6.39. The lowest BCUT2D eigenvalue weighted by Gasteiger charge is -2.27. The van der Waals surface area contributed by atoms with E-state index in [2.05, 4.69) is 12.2 Å². The van der Waals surface area contributed by atoms with E-state index >= 15 is 0 Å². The topological polar surface area (TPSA) is 139 Å². The van der Waals surface area contributed by atoms with Crippen molar-refractivity contribution in [3.8, 4) is 0 Å². The highest BCUT2D eigenvalue weighted by Crippen LogP contribution is 2.19. The Kier molecular flexibility index (Phi) is 15.9. The molecule has 3 atom stereocenters. The number of nitrogens with zero attached hydrogens (tertiary/aromatic N) is 2. The van der Waals surface area contributed by atoms with Crippen LogP contribution in [-0.2, 0) is 28.8 Å². The van der Waals surface area contributed by atoms with Crippen molar-refractivity contribution < 1.29 is 28.8 Å².